The monoisotopic (exact) mass is 243 g/mol. The number of hydrogen-bond donors (Lipinski definition) is 1. The van der Waals surface area contributed by atoms with Crippen molar-refractivity contribution in [2.75, 3.05) is 0 Å². The molecular weight excluding hydrogens is 240 g/mol. The fraction of sp³-hybridized carbons (Fsp3) is 0.125. The Bertz CT molecular complexity index is 538. The van der Waals surface area contributed by atoms with Gasteiger partial charge < -0.3 is 5.11 Å². The summed E-state index contributed by atoms with van der Waals surface area (Å²) in [6, 6.07) is 1.20. The Morgan fingerprint density at radius 3 is 2.59 bits per heavy atom. The van der Waals surface area contributed by atoms with E-state index < -0.39 is 39.8 Å². The van der Waals surface area contributed by atoms with Crippen LogP contribution in [-0.4, -0.2) is 21.0 Å². The fourth-order valence-electron chi connectivity index (χ4n) is 1.13. The number of alkyl halides is 2. The number of nitrogens with zero attached hydrogens (tertiary/aromatic N) is 3. The van der Waals surface area contributed by atoms with Crippen LogP contribution < -0.4 is 0 Å². The maximum atomic E-state index is 12.4. The van der Waals surface area contributed by atoms with Crippen LogP contribution in [-0.2, 0) is 0 Å². The van der Waals surface area contributed by atoms with Gasteiger partial charge in [0.2, 0.25) is 5.69 Å². The molecule has 0 bridgehead atoms. The second-order valence-electron chi connectivity index (χ2n) is 2.76. The second-order valence-corrected chi connectivity index (χ2v) is 2.76. The van der Waals surface area contributed by atoms with Crippen LogP contribution in [0.1, 0.15) is 28.0 Å². The third-order valence-corrected chi connectivity index (χ3v) is 1.81. The van der Waals surface area contributed by atoms with Gasteiger partial charge in [0.25, 0.3) is 6.43 Å². The topological polar surface area (TPSA) is 117 Å². The van der Waals surface area contributed by atoms with E-state index in [-0.39, 0.29) is 0 Å². The van der Waals surface area contributed by atoms with Gasteiger partial charge in [-0.2, -0.15) is 5.26 Å². The molecule has 1 heterocycles. The summed E-state index contributed by atoms with van der Waals surface area (Å²) in [6.45, 7) is 0. The van der Waals surface area contributed by atoms with Gasteiger partial charge >= 0.3 is 11.7 Å². The van der Waals surface area contributed by atoms with Crippen LogP contribution in [0.4, 0.5) is 14.5 Å². The van der Waals surface area contributed by atoms with Crippen LogP contribution in [0.3, 0.4) is 0 Å². The average molecular weight is 243 g/mol. The summed E-state index contributed by atoms with van der Waals surface area (Å²) < 4.78 is 24.9. The molecule has 1 aromatic heterocycles. The van der Waals surface area contributed by atoms with Crippen molar-refractivity contribution in [1.29, 1.82) is 5.26 Å². The van der Waals surface area contributed by atoms with E-state index in [4.69, 9.17) is 10.4 Å². The minimum Gasteiger partial charge on any atom is -0.476 e. The number of nitro groups is 1. The van der Waals surface area contributed by atoms with E-state index in [1.165, 1.54) is 6.07 Å². The summed E-state index contributed by atoms with van der Waals surface area (Å²) in [4.78, 5) is 23.0. The van der Waals surface area contributed by atoms with E-state index in [0.717, 1.165) is 0 Å². The van der Waals surface area contributed by atoms with E-state index in [1.807, 2.05) is 0 Å². The molecule has 0 amide bonds. The Hall–Kier alpha value is -2.63. The summed E-state index contributed by atoms with van der Waals surface area (Å²) >= 11 is 0. The van der Waals surface area contributed by atoms with Gasteiger partial charge in [-0.1, -0.05) is 0 Å². The number of aromatic nitrogens is 1. The predicted octanol–water partition coefficient (Wildman–Crippen LogP) is 1.50. The van der Waals surface area contributed by atoms with Crippen molar-refractivity contribution in [2.24, 2.45) is 0 Å². The molecule has 0 aliphatic rings. The SMILES string of the molecule is N#Cc1c(C(F)F)cnc(C(=O)O)c1[N+](=O)[O-]. The van der Waals surface area contributed by atoms with Crippen LogP contribution in [0.25, 0.3) is 0 Å². The second kappa shape index (κ2) is 4.48. The zero-order chi connectivity index (χ0) is 13.2. The minimum absolute atomic E-state index is 0.444. The Labute approximate surface area is 92.1 Å². The number of nitriles is 1. The van der Waals surface area contributed by atoms with Gasteiger partial charge in [0, 0.05) is 6.20 Å². The lowest BCUT2D eigenvalue weighted by Crippen LogP contribution is -2.09. The lowest BCUT2D eigenvalue weighted by Gasteiger charge is -2.04. The molecule has 0 aliphatic heterocycles. The van der Waals surface area contributed by atoms with E-state index in [9.17, 15) is 23.7 Å². The molecule has 0 radical (unpaired) electrons. The maximum absolute atomic E-state index is 12.4. The number of hydrogen-bond acceptors (Lipinski definition) is 5. The minimum atomic E-state index is -3.15. The van der Waals surface area contributed by atoms with Crippen LogP contribution >= 0.6 is 0 Å². The number of aromatic carboxylic acids is 1. The molecule has 0 atom stereocenters. The van der Waals surface area contributed by atoms with Crippen molar-refractivity contribution in [3.8, 4) is 6.07 Å². The first kappa shape index (κ1) is 12.4. The highest BCUT2D eigenvalue weighted by Gasteiger charge is 2.31. The smallest absolute Gasteiger partial charge is 0.361 e. The first-order valence-corrected chi connectivity index (χ1v) is 3.99. The molecule has 0 fully saturated rings. The third kappa shape index (κ3) is 2.15. The highest BCUT2D eigenvalue weighted by atomic mass is 19.3. The average Bonchev–Trinajstić information content (AvgIpc) is 2.26. The Morgan fingerprint density at radius 1 is 1.65 bits per heavy atom. The molecule has 0 unspecified atom stereocenters. The van der Waals surface area contributed by atoms with Crippen molar-refractivity contribution < 1.29 is 23.6 Å². The van der Waals surface area contributed by atoms with Gasteiger partial charge in [-0.05, 0) is 0 Å². The van der Waals surface area contributed by atoms with Crippen LogP contribution in [0.2, 0.25) is 0 Å². The summed E-state index contributed by atoms with van der Waals surface area (Å²) in [5.74, 6) is -1.77. The van der Waals surface area contributed by atoms with Crippen molar-refractivity contribution in [1.82, 2.24) is 4.98 Å². The van der Waals surface area contributed by atoms with Crippen molar-refractivity contribution >= 4 is 11.7 Å². The lowest BCUT2D eigenvalue weighted by atomic mass is 10.1. The highest BCUT2D eigenvalue weighted by molar-refractivity contribution is 5.91. The number of carbonyl (C=O) groups is 1. The van der Waals surface area contributed by atoms with Crippen LogP contribution in [0, 0.1) is 21.4 Å². The fourth-order valence-corrected chi connectivity index (χ4v) is 1.13. The van der Waals surface area contributed by atoms with E-state index in [1.54, 1.807) is 0 Å². The van der Waals surface area contributed by atoms with Crippen LogP contribution in [0.15, 0.2) is 6.20 Å². The Kier molecular flexibility index (Phi) is 3.28. The molecule has 7 nitrogen and oxygen atoms in total. The van der Waals surface area contributed by atoms with Gasteiger partial charge in [-0.3, -0.25) is 10.1 Å². The summed E-state index contributed by atoms with van der Waals surface area (Å²) in [7, 11) is 0. The Balaban J connectivity index is 3.69. The highest BCUT2D eigenvalue weighted by Crippen LogP contribution is 2.30. The molecule has 88 valence electrons. The standard InChI is InChI=1S/C8H3F2N3O4/c9-7(10)4-2-12-5(8(14)15)6(13(16)17)3(4)1-11/h2,7H,(H,14,15). The number of carboxylic acid groups (broad SMARTS) is 1. The zero-order valence-corrected chi connectivity index (χ0v) is 7.92. The van der Waals surface area contributed by atoms with Gasteiger partial charge in [0.05, 0.1) is 10.5 Å². The molecular formula is C8H3F2N3O4. The number of rotatable bonds is 3. The third-order valence-electron chi connectivity index (χ3n) is 1.81. The lowest BCUT2D eigenvalue weighted by molar-refractivity contribution is -0.385. The van der Waals surface area contributed by atoms with Crippen LogP contribution in [0.5, 0.6) is 0 Å². The molecule has 0 saturated carbocycles. The quantitative estimate of drug-likeness (QED) is 0.634. The number of carboxylic acids is 1. The summed E-state index contributed by atoms with van der Waals surface area (Å²) in [5, 5.41) is 27.8. The van der Waals surface area contributed by atoms with Crippen molar-refractivity contribution in [3.05, 3.63) is 33.1 Å². The molecule has 1 aromatic rings. The summed E-state index contributed by atoms with van der Waals surface area (Å²) in [5.41, 5.74) is -4.23. The predicted molar refractivity (Wildman–Crippen MR) is 47.5 cm³/mol. The zero-order valence-electron chi connectivity index (χ0n) is 7.92. The molecule has 1 rings (SSSR count). The number of halogens is 2. The van der Waals surface area contributed by atoms with E-state index in [0.29, 0.717) is 6.20 Å². The molecule has 0 saturated heterocycles. The summed E-state index contributed by atoms with van der Waals surface area (Å²) in [6.07, 6.45) is -2.71. The van der Waals surface area contributed by atoms with E-state index in [2.05, 4.69) is 4.98 Å². The first-order valence-electron chi connectivity index (χ1n) is 3.99. The normalized spacial score (nSPS) is 10.0. The van der Waals surface area contributed by atoms with Gasteiger partial charge in [0.1, 0.15) is 11.6 Å². The molecule has 0 aliphatic carbocycles. The molecule has 0 aromatic carbocycles. The Morgan fingerprint density at radius 2 is 2.24 bits per heavy atom. The van der Waals surface area contributed by atoms with Crippen molar-refractivity contribution in [2.45, 2.75) is 6.43 Å². The van der Waals surface area contributed by atoms with E-state index >= 15 is 0 Å². The van der Waals surface area contributed by atoms with Gasteiger partial charge in [0.15, 0.2) is 0 Å². The molecule has 9 heteroatoms. The maximum Gasteiger partial charge on any atom is 0.361 e. The largest absolute Gasteiger partial charge is 0.476 e. The molecule has 1 N–H and O–H groups in total. The molecule has 0 spiro atoms. The van der Waals surface area contributed by atoms with Gasteiger partial charge in [-0.15, -0.1) is 0 Å². The van der Waals surface area contributed by atoms with Gasteiger partial charge in [-0.25, -0.2) is 18.6 Å². The van der Waals surface area contributed by atoms with Crippen molar-refractivity contribution in [3.63, 3.8) is 0 Å². The first-order chi connectivity index (χ1) is 7.90. The molecule has 17 heavy (non-hydrogen) atoms. The number of pyridine rings is 1.